The van der Waals surface area contributed by atoms with Gasteiger partial charge in [-0.2, -0.15) is 0 Å². The SMILES string of the molecule is CC1CC1CN(C)Cc1nnsc1N. The minimum absolute atomic E-state index is 0.751. The predicted molar refractivity (Wildman–Crippen MR) is 57.9 cm³/mol. The van der Waals surface area contributed by atoms with Gasteiger partial charge in [0.05, 0.1) is 0 Å². The first-order valence-corrected chi connectivity index (χ1v) is 5.69. The molecule has 0 bridgehead atoms. The Morgan fingerprint density at radius 3 is 2.86 bits per heavy atom. The van der Waals surface area contributed by atoms with Crippen LogP contribution in [0.3, 0.4) is 0 Å². The number of rotatable bonds is 4. The van der Waals surface area contributed by atoms with Crippen molar-refractivity contribution in [1.82, 2.24) is 14.5 Å². The van der Waals surface area contributed by atoms with Crippen molar-refractivity contribution in [2.75, 3.05) is 19.3 Å². The van der Waals surface area contributed by atoms with Gasteiger partial charge in [-0.3, -0.25) is 0 Å². The van der Waals surface area contributed by atoms with Crippen LogP contribution < -0.4 is 5.73 Å². The van der Waals surface area contributed by atoms with Gasteiger partial charge in [-0.1, -0.05) is 11.4 Å². The first-order chi connectivity index (χ1) is 6.66. The first kappa shape index (κ1) is 9.86. The molecule has 1 aliphatic rings. The summed E-state index contributed by atoms with van der Waals surface area (Å²) in [5.41, 5.74) is 6.65. The molecule has 0 amide bonds. The van der Waals surface area contributed by atoms with E-state index < -0.39 is 0 Å². The summed E-state index contributed by atoms with van der Waals surface area (Å²) in [5.74, 6) is 1.79. The number of nitrogen functional groups attached to an aromatic ring is 1. The molecule has 1 aromatic heterocycles. The Bertz CT molecular complexity index is 312. The third kappa shape index (κ3) is 2.22. The van der Waals surface area contributed by atoms with Crippen LogP contribution in [0.4, 0.5) is 5.00 Å². The molecule has 1 saturated carbocycles. The van der Waals surface area contributed by atoms with Crippen LogP contribution in [0.15, 0.2) is 0 Å². The Balaban J connectivity index is 1.82. The van der Waals surface area contributed by atoms with Gasteiger partial charge in [0.15, 0.2) is 0 Å². The largest absolute Gasteiger partial charge is 0.388 e. The lowest BCUT2D eigenvalue weighted by molar-refractivity contribution is 0.304. The van der Waals surface area contributed by atoms with Crippen LogP contribution in [0, 0.1) is 11.8 Å². The molecule has 0 aliphatic heterocycles. The van der Waals surface area contributed by atoms with Gasteiger partial charge in [0.1, 0.15) is 10.7 Å². The minimum atomic E-state index is 0.751. The van der Waals surface area contributed by atoms with Crippen molar-refractivity contribution in [3.8, 4) is 0 Å². The molecule has 2 unspecified atom stereocenters. The molecule has 14 heavy (non-hydrogen) atoms. The van der Waals surface area contributed by atoms with Gasteiger partial charge >= 0.3 is 0 Å². The number of aromatic nitrogens is 2. The highest BCUT2D eigenvalue weighted by molar-refractivity contribution is 7.09. The number of nitrogens with zero attached hydrogens (tertiary/aromatic N) is 3. The number of hydrogen-bond acceptors (Lipinski definition) is 5. The summed E-state index contributed by atoms with van der Waals surface area (Å²) in [6, 6.07) is 0. The molecular weight excluding hydrogens is 196 g/mol. The summed E-state index contributed by atoms with van der Waals surface area (Å²) in [5, 5.41) is 4.75. The second-order valence-electron chi connectivity index (χ2n) is 4.25. The molecule has 2 rings (SSSR count). The molecule has 2 N–H and O–H groups in total. The summed E-state index contributed by atoms with van der Waals surface area (Å²) in [6.45, 7) is 4.28. The van der Waals surface area contributed by atoms with Crippen LogP contribution in [0.2, 0.25) is 0 Å². The highest BCUT2D eigenvalue weighted by atomic mass is 32.1. The van der Waals surface area contributed by atoms with Crippen molar-refractivity contribution in [3.05, 3.63) is 5.69 Å². The quantitative estimate of drug-likeness (QED) is 0.815. The van der Waals surface area contributed by atoms with Gasteiger partial charge < -0.3 is 10.6 Å². The average molecular weight is 212 g/mol. The van der Waals surface area contributed by atoms with Crippen molar-refractivity contribution in [2.45, 2.75) is 19.9 Å². The van der Waals surface area contributed by atoms with Crippen molar-refractivity contribution in [1.29, 1.82) is 0 Å². The molecular formula is C9H16N4S. The standard InChI is InChI=1S/C9H16N4S/c1-6-3-7(6)4-13(2)5-8-9(10)14-12-11-8/h6-7H,3-5,10H2,1-2H3. The number of nitrogens with two attached hydrogens (primary N) is 1. The van der Waals surface area contributed by atoms with Gasteiger partial charge in [0, 0.05) is 24.6 Å². The van der Waals surface area contributed by atoms with E-state index in [2.05, 4.69) is 28.5 Å². The second-order valence-corrected chi connectivity index (χ2v) is 5.04. The van der Waals surface area contributed by atoms with Crippen molar-refractivity contribution in [3.63, 3.8) is 0 Å². The van der Waals surface area contributed by atoms with Crippen molar-refractivity contribution >= 4 is 16.5 Å². The minimum Gasteiger partial charge on any atom is -0.388 e. The van der Waals surface area contributed by atoms with E-state index in [1.165, 1.54) is 18.0 Å². The van der Waals surface area contributed by atoms with E-state index in [9.17, 15) is 0 Å². The van der Waals surface area contributed by atoms with Crippen LogP contribution >= 0.6 is 11.5 Å². The lowest BCUT2D eigenvalue weighted by atomic mass is 10.3. The van der Waals surface area contributed by atoms with Crippen LogP contribution in [-0.2, 0) is 6.54 Å². The highest BCUT2D eigenvalue weighted by Gasteiger charge is 2.33. The molecule has 4 nitrogen and oxygen atoms in total. The Labute approximate surface area is 88.3 Å². The van der Waals surface area contributed by atoms with E-state index in [-0.39, 0.29) is 0 Å². The number of anilines is 1. The predicted octanol–water partition coefficient (Wildman–Crippen LogP) is 1.21. The van der Waals surface area contributed by atoms with Crippen molar-refractivity contribution < 1.29 is 0 Å². The maximum absolute atomic E-state index is 5.73. The Morgan fingerprint density at radius 1 is 1.64 bits per heavy atom. The normalized spacial score (nSPS) is 25.6. The van der Waals surface area contributed by atoms with E-state index in [0.717, 1.165) is 35.6 Å². The highest BCUT2D eigenvalue weighted by Crippen LogP contribution is 2.38. The smallest absolute Gasteiger partial charge is 0.132 e. The summed E-state index contributed by atoms with van der Waals surface area (Å²) in [4.78, 5) is 2.28. The molecule has 78 valence electrons. The zero-order valence-corrected chi connectivity index (χ0v) is 9.42. The topological polar surface area (TPSA) is 55.0 Å². The van der Waals surface area contributed by atoms with Gasteiger partial charge in [-0.15, -0.1) is 5.10 Å². The summed E-state index contributed by atoms with van der Waals surface area (Å²) < 4.78 is 3.82. The lowest BCUT2D eigenvalue weighted by Crippen LogP contribution is -2.21. The van der Waals surface area contributed by atoms with E-state index >= 15 is 0 Å². The molecule has 0 spiro atoms. The maximum atomic E-state index is 5.73. The maximum Gasteiger partial charge on any atom is 0.132 e. The van der Waals surface area contributed by atoms with Crippen LogP contribution in [0.25, 0.3) is 0 Å². The van der Waals surface area contributed by atoms with E-state index in [4.69, 9.17) is 5.73 Å². The van der Waals surface area contributed by atoms with Gasteiger partial charge in [-0.05, 0) is 25.3 Å². The second kappa shape index (κ2) is 3.82. The molecule has 1 heterocycles. The molecule has 2 atom stereocenters. The van der Waals surface area contributed by atoms with Crippen LogP contribution in [0.1, 0.15) is 19.0 Å². The monoisotopic (exact) mass is 212 g/mol. The van der Waals surface area contributed by atoms with Crippen LogP contribution in [-0.4, -0.2) is 28.1 Å². The molecule has 1 fully saturated rings. The van der Waals surface area contributed by atoms with E-state index in [0.29, 0.717) is 0 Å². The number of hydrogen-bond donors (Lipinski definition) is 1. The van der Waals surface area contributed by atoms with Crippen LogP contribution in [0.5, 0.6) is 0 Å². The fourth-order valence-corrected chi connectivity index (χ4v) is 2.14. The molecule has 1 aromatic rings. The molecule has 1 aliphatic carbocycles. The molecule has 0 saturated heterocycles. The van der Waals surface area contributed by atoms with E-state index in [1.807, 2.05) is 0 Å². The van der Waals surface area contributed by atoms with Gasteiger partial charge in [-0.25, -0.2) is 0 Å². The third-order valence-electron chi connectivity index (χ3n) is 2.83. The summed E-state index contributed by atoms with van der Waals surface area (Å²) in [7, 11) is 2.11. The summed E-state index contributed by atoms with van der Waals surface area (Å²) >= 11 is 1.27. The average Bonchev–Trinajstić information content (AvgIpc) is 2.63. The van der Waals surface area contributed by atoms with Crippen molar-refractivity contribution in [2.24, 2.45) is 11.8 Å². The Morgan fingerprint density at radius 2 is 2.36 bits per heavy atom. The van der Waals surface area contributed by atoms with E-state index in [1.54, 1.807) is 0 Å². The fourth-order valence-electron chi connectivity index (χ4n) is 1.70. The first-order valence-electron chi connectivity index (χ1n) is 4.92. The lowest BCUT2D eigenvalue weighted by Gasteiger charge is -2.14. The molecule has 0 radical (unpaired) electrons. The molecule has 0 aromatic carbocycles. The van der Waals surface area contributed by atoms with Gasteiger partial charge in [0.2, 0.25) is 0 Å². The fraction of sp³-hybridized carbons (Fsp3) is 0.778. The zero-order chi connectivity index (χ0) is 10.1. The Kier molecular flexibility index (Phi) is 2.69. The summed E-state index contributed by atoms with van der Waals surface area (Å²) in [6.07, 6.45) is 1.37. The Hall–Kier alpha value is -0.680. The van der Waals surface area contributed by atoms with Gasteiger partial charge in [0.25, 0.3) is 0 Å². The molecule has 5 heteroatoms. The zero-order valence-electron chi connectivity index (χ0n) is 8.60. The third-order valence-corrected chi connectivity index (χ3v) is 3.42.